The van der Waals surface area contributed by atoms with Crippen LogP contribution in [0, 0.1) is 5.92 Å². The van der Waals surface area contributed by atoms with Gasteiger partial charge in [0, 0.05) is 6.54 Å². The van der Waals surface area contributed by atoms with Gasteiger partial charge in [-0.3, -0.25) is 4.79 Å². The summed E-state index contributed by atoms with van der Waals surface area (Å²) in [5.74, 6) is 1.74. The highest BCUT2D eigenvalue weighted by Crippen LogP contribution is 2.02. The zero-order valence-corrected chi connectivity index (χ0v) is 10.7. The van der Waals surface area contributed by atoms with Gasteiger partial charge >= 0.3 is 0 Å². The number of hydrogen-bond acceptors (Lipinski definition) is 3. The van der Waals surface area contributed by atoms with E-state index in [-0.39, 0.29) is 11.9 Å². The molecular formula is C11H22N2OS. The van der Waals surface area contributed by atoms with E-state index in [0.717, 1.165) is 12.3 Å². The summed E-state index contributed by atoms with van der Waals surface area (Å²) in [6.07, 6.45) is 3.78. The number of carbonyl (C=O) groups is 1. The fourth-order valence-electron chi connectivity index (χ4n) is 1.14. The van der Waals surface area contributed by atoms with Gasteiger partial charge in [-0.25, -0.2) is 0 Å². The highest BCUT2D eigenvalue weighted by Gasteiger charge is 2.11. The molecule has 0 bridgehead atoms. The number of nitrogens with one attached hydrogen (secondary N) is 2. The van der Waals surface area contributed by atoms with Crippen LogP contribution in [0.25, 0.3) is 0 Å². The minimum atomic E-state index is -0.130. The van der Waals surface area contributed by atoms with Crippen LogP contribution in [-0.4, -0.2) is 37.0 Å². The summed E-state index contributed by atoms with van der Waals surface area (Å²) in [6, 6.07) is -0.130. The van der Waals surface area contributed by atoms with Crippen molar-refractivity contribution in [1.82, 2.24) is 10.6 Å². The summed E-state index contributed by atoms with van der Waals surface area (Å²) < 4.78 is 0. The molecule has 88 valence electrons. The number of amides is 1. The highest BCUT2D eigenvalue weighted by atomic mass is 32.2. The molecule has 0 aromatic rings. The van der Waals surface area contributed by atoms with E-state index < -0.39 is 0 Å². The lowest BCUT2D eigenvalue weighted by Crippen LogP contribution is -2.43. The van der Waals surface area contributed by atoms with Crippen molar-refractivity contribution in [2.24, 2.45) is 5.92 Å². The van der Waals surface area contributed by atoms with Gasteiger partial charge in [-0.15, -0.1) is 6.58 Å². The lowest BCUT2D eigenvalue weighted by Gasteiger charge is -2.16. The Labute approximate surface area is 97.1 Å². The zero-order valence-electron chi connectivity index (χ0n) is 9.88. The Morgan fingerprint density at radius 2 is 2.20 bits per heavy atom. The van der Waals surface area contributed by atoms with Gasteiger partial charge in [-0.05, 0) is 31.4 Å². The number of carbonyl (C=O) groups excluding carboxylic acids is 1. The standard InChI is InChI=1S/C11H22N2OS/c1-5-6-12-11(14)10(3)13-7-9(2)8-15-4/h5,9-10,13H,1,6-8H2,2-4H3,(H,12,14). The lowest BCUT2D eigenvalue weighted by molar-refractivity contribution is -0.122. The molecule has 0 aromatic heterocycles. The Morgan fingerprint density at radius 1 is 1.53 bits per heavy atom. The van der Waals surface area contributed by atoms with Crippen LogP contribution < -0.4 is 10.6 Å². The SMILES string of the molecule is C=CCNC(=O)C(C)NCC(C)CSC. The van der Waals surface area contributed by atoms with Crippen molar-refractivity contribution in [3.8, 4) is 0 Å². The van der Waals surface area contributed by atoms with Gasteiger partial charge in [0.05, 0.1) is 6.04 Å². The second-order valence-electron chi connectivity index (χ2n) is 3.72. The van der Waals surface area contributed by atoms with Gasteiger partial charge in [0.2, 0.25) is 5.91 Å². The normalized spacial score (nSPS) is 14.3. The van der Waals surface area contributed by atoms with Gasteiger partial charge in [0.25, 0.3) is 0 Å². The molecule has 0 radical (unpaired) electrons. The molecule has 1 amide bonds. The van der Waals surface area contributed by atoms with Crippen LogP contribution in [0.2, 0.25) is 0 Å². The molecule has 2 unspecified atom stereocenters. The monoisotopic (exact) mass is 230 g/mol. The van der Waals surface area contributed by atoms with Crippen LogP contribution in [0.5, 0.6) is 0 Å². The van der Waals surface area contributed by atoms with Gasteiger partial charge in [0.1, 0.15) is 0 Å². The summed E-state index contributed by atoms with van der Waals surface area (Å²) >= 11 is 1.83. The minimum Gasteiger partial charge on any atom is -0.351 e. The van der Waals surface area contributed by atoms with Crippen molar-refractivity contribution >= 4 is 17.7 Å². The maximum atomic E-state index is 11.4. The van der Waals surface area contributed by atoms with Crippen LogP contribution in [0.3, 0.4) is 0 Å². The number of rotatable bonds is 8. The fourth-order valence-corrected chi connectivity index (χ4v) is 1.83. The van der Waals surface area contributed by atoms with Crippen LogP contribution >= 0.6 is 11.8 Å². The van der Waals surface area contributed by atoms with Gasteiger partial charge in [0.15, 0.2) is 0 Å². The van der Waals surface area contributed by atoms with Gasteiger partial charge < -0.3 is 10.6 Å². The molecular weight excluding hydrogens is 208 g/mol. The smallest absolute Gasteiger partial charge is 0.237 e. The van der Waals surface area contributed by atoms with Crippen LogP contribution in [-0.2, 0) is 4.79 Å². The predicted molar refractivity (Wildman–Crippen MR) is 68.2 cm³/mol. The molecule has 0 aromatic carbocycles. The molecule has 0 heterocycles. The molecule has 0 aliphatic heterocycles. The van der Waals surface area contributed by atoms with Crippen molar-refractivity contribution in [3.05, 3.63) is 12.7 Å². The zero-order chi connectivity index (χ0) is 11.7. The third-order valence-corrected chi connectivity index (χ3v) is 2.94. The Bertz CT molecular complexity index is 197. The third kappa shape index (κ3) is 7.45. The first-order chi connectivity index (χ1) is 7.11. The molecule has 0 rings (SSSR count). The maximum absolute atomic E-state index is 11.4. The molecule has 0 saturated carbocycles. The van der Waals surface area contributed by atoms with Crippen LogP contribution in [0.1, 0.15) is 13.8 Å². The second-order valence-corrected chi connectivity index (χ2v) is 4.63. The van der Waals surface area contributed by atoms with Crippen molar-refractivity contribution in [2.45, 2.75) is 19.9 Å². The van der Waals surface area contributed by atoms with E-state index in [9.17, 15) is 4.79 Å². The summed E-state index contributed by atoms with van der Waals surface area (Å²) in [5, 5.41) is 5.98. The Morgan fingerprint density at radius 3 is 2.73 bits per heavy atom. The Balaban J connectivity index is 3.67. The molecule has 0 fully saturated rings. The molecule has 0 saturated heterocycles. The van der Waals surface area contributed by atoms with Crippen LogP contribution in [0.4, 0.5) is 0 Å². The number of thioether (sulfide) groups is 1. The third-order valence-electron chi connectivity index (χ3n) is 2.04. The molecule has 0 spiro atoms. The van der Waals surface area contributed by atoms with Gasteiger partial charge in [-0.1, -0.05) is 13.0 Å². The Kier molecular flexibility index (Phi) is 8.52. The van der Waals surface area contributed by atoms with E-state index in [2.05, 4.69) is 30.4 Å². The van der Waals surface area contributed by atoms with E-state index in [1.165, 1.54) is 0 Å². The summed E-state index contributed by atoms with van der Waals surface area (Å²) in [4.78, 5) is 11.4. The molecule has 0 aliphatic carbocycles. The Hall–Kier alpha value is -0.480. The summed E-state index contributed by atoms with van der Waals surface area (Å²) in [6.45, 7) is 9.02. The first kappa shape index (κ1) is 14.5. The maximum Gasteiger partial charge on any atom is 0.237 e. The van der Waals surface area contributed by atoms with E-state index in [1.807, 2.05) is 18.7 Å². The average molecular weight is 230 g/mol. The second kappa shape index (κ2) is 8.80. The molecule has 2 atom stereocenters. The highest BCUT2D eigenvalue weighted by molar-refractivity contribution is 7.98. The van der Waals surface area contributed by atoms with E-state index >= 15 is 0 Å². The molecule has 3 nitrogen and oxygen atoms in total. The quantitative estimate of drug-likeness (QED) is 0.617. The summed E-state index contributed by atoms with van der Waals surface area (Å²) in [7, 11) is 0. The van der Waals surface area contributed by atoms with E-state index in [1.54, 1.807) is 6.08 Å². The van der Waals surface area contributed by atoms with Crippen molar-refractivity contribution in [2.75, 3.05) is 25.1 Å². The first-order valence-electron chi connectivity index (χ1n) is 5.22. The van der Waals surface area contributed by atoms with E-state index in [0.29, 0.717) is 12.5 Å². The lowest BCUT2D eigenvalue weighted by atomic mass is 10.2. The van der Waals surface area contributed by atoms with Gasteiger partial charge in [-0.2, -0.15) is 11.8 Å². The van der Waals surface area contributed by atoms with Crippen LogP contribution in [0.15, 0.2) is 12.7 Å². The first-order valence-corrected chi connectivity index (χ1v) is 6.62. The molecule has 4 heteroatoms. The molecule has 15 heavy (non-hydrogen) atoms. The molecule has 2 N–H and O–H groups in total. The van der Waals surface area contributed by atoms with Crippen molar-refractivity contribution in [3.63, 3.8) is 0 Å². The largest absolute Gasteiger partial charge is 0.351 e. The molecule has 0 aliphatic rings. The summed E-state index contributed by atoms with van der Waals surface area (Å²) in [5.41, 5.74) is 0. The average Bonchev–Trinajstić information content (AvgIpc) is 2.22. The van der Waals surface area contributed by atoms with E-state index in [4.69, 9.17) is 0 Å². The van der Waals surface area contributed by atoms with Crippen molar-refractivity contribution < 1.29 is 4.79 Å². The number of hydrogen-bond donors (Lipinski definition) is 2. The minimum absolute atomic E-state index is 0.0336. The van der Waals surface area contributed by atoms with Crippen molar-refractivity contribution in [1.29, 1.82) is 0 Å². The predicted octanol–water partition coefficient (Wildman–Crippen LogP) is 1.27. The topological polar surface area (TPSA) is 41.1 Å². The fraction of sp³-hybridized carbons (Fsp3) is 0.727.